The second-order valence-electron chi connectivity index (χ2n) is 4.10. The second-order valence-corrected chi connectivity index (χ2v) is 4.10. The van der Waals surface area contributed by atoms with Crippen molar-refractivity contribution in [2.24, 2.45) is 5.41 Å². The van der Waals surface area contributed by atoms with Crippen molar-refractivity contribution in [3.05, 3.63) is 17.8 Å². The highest BCUT2D eigenvalue weighted by molar-refractivity contribution is 4.98. The van der Waals surface area contributed by atoms with Crippen LogP contribution in [0.15, 0.2) is 10.7 Å². The summed E-state index contributed by atoms with van der Waals surface area (Å²) < 4.78 is 5.10. The third-order valence-corrected chi connectivity index (χ3v) is 1.38. The summed E-state index contributed by atoms with van der Waals surface area (Å²) in [4.78, 5) is 4.23. The lowest BCUT2D eigenvalue weighted by Gasteiger charge is -2.15. The minimum Gasteiger partial charge on any atom is -0.449 e. The van der Waals surface area contributed by atoms with Gasteiger partial charge in [0.25, 0.3) is 0 Å². The van der Waals surface area contributed by atoms with Crippen molar-refractivity contribution >= 4 is 0 Å². The summed E-state index contributed by atoms with van der Waals surface area (Å²) in [6.07, 6.45) is 2.71. The van der Waals surface area contributed by atoms with E-state index in [9.17, 15) is 0 Å². The zero-order chi connectivity index (χ0) is 8.48. The van der Waals surface area contributed by atoms with Gasteiger partial charge in [0.1, 0.15) is 6.26 Å². The first kappa shape index (κ1) is 8.31. The van der Waals surface area contributed by atoms with Gasteiger partial charge < -0.3 is 4.42 Å². The normalized spacial score (nSPS) is 12.0. The van der Waals surface area contributed by atoms with E-state index in [1.54, 1.807) is 6.26 Å². The molecule has 0 saturated carbocycles. The van der Waals surface area contributed by atoms with Crippen LogP contribution >= 0.6 is 0 Å². The monoisotopic (exact) mass is 153 g/mol. The molecule has 0 unspecified atom stereocenters. The summed E-state index contributed by atoms with van der Waals surface area (Å²) in [5, 5.41) is 0. The first-order valence-electron chi connectivity index (χ1n) is 3.88. The highest BCUT2D eigenvalue weighted by atomic mass is 16.3. The van der Waals surface area contributed by atoms with Gasteiger partial charge in [-0.1, -0.05) is 20.8 Å². The average Bonchev–Trinajstić information content (AvgIpc) is 2.10. The Morgan fingerprint density at radius 2 is 2.09 bits per heavy atom. The van der Waals surface area contributed by atoms with Crippen molar-refractivity contribution in [1.29, 1.82) is 0 Å². The number of hydrogen-bond acceptors (Lipinski definition) is 2. The van der Waals surface area contributed by atoms with E-state index in [1.165, 1.54) is 0 Å². The van der Waals surface area contributed by atoms with Crippen molar-refractivity contribution in [3.63, 3.8) is 0 Å². The Labute approximate surface area is 67.6 Å². The van der Waals surface area contributed by atoms with Gasteiger partial charge >= 0.3 is 0 Å². The van der Waals surface area contributed by atoms with E-state index in [2.05, 4.69) is 25.8 Å². The van der Waals surface area contributed by atoms with Crippen molar-refractivity contribution in [2.75, 3.05) is 0 Å². The molecule has 0 radical (unpaired) electrons. The highest BCUT2D eigenvalue weighted by Crippen LogP contribution is 2.19. The molecule has 0 saturated heterocycles. The van der Waals surface area contributed by atoms with E-state index in [0.29, 0.717) is 5.41 Å². The molecule has 1 heterocycles. The molecule has 0 amide bonds. The molecule has 0 aliphatic carbocycles. The van der Waals surface area contributed by atoms with Crippen LogP contribution < -0.4 is 0 Å². The number of aromatic nitrogens is 1. The van der Waals surface area contributed by atoms with Crippen LogP contribution in [0.4, 0.5) is 0 Å². The molecule has 62 valence electrons. The summed E-state index contributed by atoms with van der Waals surface area (Å²) in [6, 6.07) is 0. The predicted octanol–water partition coefficient (Wildman–Crippen LogP) is 2.57. The van der Waals surface area contributed by atoms with Gasteiger partial charge in [-0.25, -0.2) is 4.98 Å². The molecule has 0 aliphatic rings. The molecule has 0 fully saturated rings. The van der Waals surface area contributed by atoms with Gasteiger partial charge in [0.05, 0.1) is 5.69 Å². The molecule has 2 heteroatoms. The van der Waals surface area contributed by atoms with E-state index in [0.717, 1.165) is 18.0 Å². The fraction of sp³-hybridized carbons (Fsp3) is 0.667. The maximum Gasteiger partial charge on any atom is 0.191 e. The summed E-state index contributed by atoms with van der Waals surface area (Å²) in [5.74, 6) is 0.754. The Balaban J connectivity index is 2.65. The number of aryl methyl sites for hydroxylation is 1. The van der Waals surface area contributed by atoms with E-state index in [4.69, 9.17) is 4.42 Å². The Morgan fingerprint density at radius 1 is 1.45 bits per heavy atom. The molecule has 0 N–H and O–H groups in total. The molecule has 0 spiro atoms. The predicted molar refractivity (Wildman–Crippen MR) is 44.4 cm³/mol. The Morgan fingerprint density at radius 3 is 2.45 bits per heavy atom. The van der Waals surface area contributed by atoms with Gasteiger partial charge in [-0.15, -0.1) is 0 Å². The van der Waals surface area contributed by atoms with Crippen LogP contribution in [-0.4, -0.2) is 4.98 Å². The molecule has 0 bridgehead atoms. The van der Waals surface area contributed by atoms with Crippen molar-refractivity contribution < 1.29 is 4.42 Å². The van der Waals surface area contributed by atoms with Crippen LogP contribution in [-0.2, 0) is 6.42 Å². The minimum atomic E-state index is 0.295. The van der Waals surface area contributed by atoms with Gasteiger partial charge in [-0.3, -0.25) is 0 Å². The molecule has 1 rings (SSSR count). The number of nitrogens with zero attached hydrogens (tertiary/aromatic N) is 1. The van der Waals surface area contributed by atoms with E-state index in [1.807, 2.05) is 6.92 Å². The molecule has 0 aromatic carbocycles. The Hall–Kier alpha value is -0.790. The van der Waals surface area contributed by atoms with E-state index >= 15 is 0 Å². The highest BCUT2D eigenvalue weighted by Gasteiger charge is 2.13. The lowest BCUT2D eigenvalue weighted by Crippen LogP contribution is -2.09. The first-order chi connectivity index (χ1) is 4.97. The summed E-state index contributed by atoms with van der Waals surface area (Å²) in [6.45, 7) is 8.44. The molecule has 0 atom stereocenters. The third kappa shape index (κ3) is 2.74. The molecular formula is C9H15NO. The largest absolute Gasteiger partial charge is 0.449 e. The second kappa shape index (κ2) is 2.68. The van der Waals surface area contributed by atoms with E-state index in [-0.39, 0.29) is 0 Å². The smallest absolute Gasteiger partial charge is 0.191 e. The maximum atomic E-state index is 5.10. The summed E-state index contributed by atoms with van der Waals surface area (Å²) in [5.41, 5.74) is 1.35. The van der Waals surface area contributed by atoms with Gasteiger partial charge in [0.2, 0.25) is 0 Å². The molecular weight excluding hydrogens is 138 g/mol. The topological polar surface area (TPSA) is 26.0 Å². The first-order valence-corrected chi connectivity index (χ1v) is 3.88. The molecule has 0 aliphatic heterocycles. The van der Waals surface area contributed by atoms with Crippen molar-refractivity contribution in [1.82, 2.24) is 4.98 Å². The zero-order valence-electron chi connectivity index (χ0n) is 7.64. The molecule has 2 nitrogen and oxygen atoms in total. The van der Waals surface area contributed by atoms with Gasteiger partial charge in [0, 0.05) is 6.92 Å². The van der Waals surface area contributed by atoms with Crippen LogP contribution in [0.2, 0.25) is 0 Å². The fourth-order valence-corrected chi connectivity index (χ4v) is 1.03. The van der Waals surface area contributed by atoms with Crippen LogP contribution in [0.25, 0.3) is 0 Å². The quantitative estimate of drug-likeness (QED) is 0.619. The molecule has 1 aromatic rings. The standard InChI is InChI=1S/C9H15NO/c1-7-10-8(6-11-7)5-9(2,3)4/h6H,5H2,1-4H3. The van der Waals surface area contributed by atoms with Gasteiger partial charge in [-0.05, 0) is 11.8 Å². The number of hydrogen-bond donors (Lipinski definition) is 0. The van der Waals surface area contributed by atoms with Gasteiger partial charge in [-0.2, -0.15) is 0 Å². The van der Waals surface area contributed by atoms with Crippen LogP contribution in [0.1, 0.15) is 32.4 Å². The average molecular weight is 153 g/mol. The van der Waals surface area contributed by atoms with E-state index < -0.39 is 0 Å². The Bertz CT molecular complexity index is 232. The molecule has 1 aromatic heterocycles. The van der Waals surface area contributed by atoms with Crippen molar-refractivity contribution in [2.45, 2.75) is 34.1 Å². The zero-order valence-corrected chi connectivity index (χ0v) is 7.64. The number of oxazole rings is 1. The SMILES string of the molecule is Cc1nc(CC(C)(C)C)co1. The van der Waals surface area contributed by atoms with Crippen LogP contribution in [0, 0.1) is 12.3 Å². The van der Waals surface area contributed by atoms with Gasteiger partial charge in [0.15, 0.2) is 5.89 Å². The number of rotatable bonds is 1. The lowest BCUT2D eigenvalue weighted by atomic mass is 9.91. The summed E-state index contributed by atoms with van der Waals surface area (Å²) in [7, 11) is 0. The van der Waals surface area contributed by atoms with Crippen LogP contribution in [0.5, 0.6) is 0 Å². The third-order valence-electron chi connectivity index (χ3n) is 1.38. The Kier molecular flexibility index (Phi) is 2.03. The lowest BCUT2D eigenvalue weighted by molar-refractivity contribution is 0.405. The summed E-state index contributed by atoms with van der Waals surface area (Å²) >= 11 is 0. The van der Waals surface area contributed by atoms with Crippen LogP contribution in [0.3, 0.4) is 0 Å². The minimum absolute atomic E-state index is 0.295. The van der Waals surface area contributed by atoms with Crippen molar-refractivity contribution in [3.8, 4) is 0 Å². The fourth-order valence-electron chi connectivity index (χ4n) is 1.03. The maximum absolute atomic E-state index is 5.10. The molecule has 11 heavy (non-hydrogen) atoms.